The Kier molecular flexibility index (Phi) is 3.98. The van der Waals surface area contributed by atoms with Crippen molar-refractivity contribution in [2.45, 2.75) is 19.4 Å². The van der Waals surface area contributed by atoms with E-state index in [0.717, 1.165) is 30.8 Å². The maximum Gasteiger partial charge on any atom is 0.237 e. The molecule has 4 heteroatoms. The first kappa shape index (κ1) is 11.9. The van der Waals surface area contributed by atoms with E-state index in [9.17, 15) is 4.79 Å². The Morgan fingerprint density at radius 2 is 2.06 bits per heavy atom. The molecule has 1 heterocycles. The van der Waals surface area contributed by atoms with Gasteiger partial charge in [0.2, 0.25) is 5.91 Å². The number of hydrogen-bond donors (Lipinski definition) is 2. The van der Waals surface area contributed by atoms with Crippen LogP contribution in [0.4, 0.5) is 0 Å². The fraction of sp³-hybridized carbons (Fsp3) is 0.462. The molecular weight excluding hydrogens is 216 g/mol. The highest BCUT2D eigenvalue weighted by atomic mass is 16.5. The van der Waals surface area contributed by atoms with E-state index < -0.39 is 0 Å². The molecule has 0 aliphatic carbocycles. The zero-order chi connectivity index (χ0) is 12.1. The van der Waals surface area contributed by atoms with Gasteiger partial charge in [0.15, 0.2) is 0 Å². The maximum atomic E-state index is 11.6. The lowest BCUT2D eigenvalue weighted by Gasteiger charge is -2.23. The molecule has 4 nitrogen and oxygen atoms in total. The summed E-state index contributed by atoms with van der Waals surface area (Å²) in [6.45, 7) is 4.20. The van der Waals surface area contributed by atoms with Gasteiger partial charge in [-0.3, -0.25) is 4.79 Å². The van der Waals surface area contributed by atoms with E-state index in [0.29, 0.717) is 6.61 Å². The van der Waals surface area contributed by atoms with Crippen LogP contribution in [0.1, 0.15) is 12.5 Å². The first-order chi connectivity index (χ1) is 8.29. The van der Waals surface area contributed by atoms with Crippen molar-refractivity contribution in [3.8, 4) is 5.75 Å². The fourth-order valence-corrected chi connectivity index (χ4v) is 1.94. The Morgan fingerprint density at radius 3 is 2.71 bits per heavy atom. The molecular formula is C13H18N2O2. The van der Waals surface area contributed by atoms with Crippen LogP contribution >= 0.6 is 0 Å². The minimum absolute atomic E-state index is 0.0881. The highest BCUT2D eigenvalue weighted by Gasteiger charge is 2.21. The fourth-order valence-electron chi connectivity index (χ4n) is 1.94. The molecule has 17 heavy (non-hydrogen) atoms. The van der Waals surface area contributed by atoms with Crippen molar-refractivity contribution in [2.75, 3.05) is 19.7 Å². The minimum atomic E-state index is -0.110. The van der Waals surface area contributed by atoms with Crippen LogP contribution in [0.2, 0.25) is 0 Å². The first-order valence-corrected chi connectivity index (χ1v) is 6.02. The number of hydrogen-bond acceptors (Lipinski definition) is 3. The van der Waals surface area contributed by atoms with E-state index >= 15 is 0 Å². The predicted molar refractivity (Wildman–Crippen MR) is 66.1 cm³/mol. The van der Waals surface area contributed by atoms with Gasteiger partial charge in [0.25, 0.3) is 0 Å². The number of carbonyl (C=O) groups is 1. The van der Waals surface area contributed by atoms with E-state index in [1.165, 1.54) is 0 Å². The van der Waals surface area contributed by atoms with Crippen molar-refractivity contribution in [3.63, 3.8) is 0 Å². The summed E-state index contributed by atoms with van der Waals surface area (Å²) < 4.78 is 5.38. The molecule has 92 valence electrons. The van der Waals surface area contributed by atoms with Crippen LogP contribution in [0.25, 0.3) is 0 Å². The molecule has 1 atom stereocenters. The Hall–Kier alpha value is -1.55. The molecule has 1 aliphatic heterocycles. The molecule has 1 unspecified atom stereocenters. The van der Waals surface area contributed by atoms with Gasteiger partial charge in [-0.05, 0) is 31.0 Å². The number of nitrogens with one attached hydrogen (secondary N) is 2. The number of amides is 1. The summed E-state index contributed by atoms with van der Waals surface area (Å²) in [4.78, 5) is 11.6. The third-order valence-corrected chi connectivity index (χ3v) is 2.81. The van der Waals surface area contributed by atoms with E-state index in [2.05, 4.69) is 10.6 Å². The topological polar surface area (TPSA) is 50.4 Å². The zero-order valence-electron chi connectivity index (χ0n) is 10.0. The molecule has 2 rings (SSSR count). The highest BCUT2D eigenvalue weighted by molar-refractivity contribution is 5.82. The van der Waals surface area contributed by atoms with Crippen LogP contribution in [0.15, 0.2) is 24.3 Å². The van der Waals surface area contributed by atoms with Gasteiger partial charge in [0, 0.05) is 13.1 Å². The summed E-state index contributed by atoms with van der Waals surface area (Å²) in [6.07, 6.45) is 0.720. The molecule has 0 spiro atoms. The first-order valence-electron chi connectivity index (χ1n) is 6.02. The standard InChI is InChI=1S/C13H18N2O2/c1-2-17-11-5-3-10(4-6-11)9-12-13(16)15-8-7-14-12/h3-6,12,14H,2,7-9H2,1H3,(H,15,16). The molecule has 0 radical (unpaired) electrons. The van der Waals surface area contributed by atoms with Gasteiger partial charge in [-0.2, -0.15) is 0 Å². The number of benzene rings is 1. The van der Waals surface area contributed by atoms with Crippen molar-refractivity contribution in [1.29, 1.82) is 0 Å². The molecule has 0 bridgehead atoms. The quantitative estimate of drug-likeness (QED) is 0.807. The van der Waals surface area contributed by atoms with Crippen LogP contribution < -0.4 is 15.4 Å². The summed E-state index contributed by atoms with van der Waals surface area (Å²) in [7, 11) is 0. The summed E-state index contributed by atoms with van der Waals surface area (Å²) in [5.74, 6) is 0.961. The molecule has 1 aliphatic rings. The van der Waals surface area contributed by atoms with Crippen molar-refractivity contribution < 1.29 is 9.53 Å². The van der Waals surface area contributed by atoms with Gasteiger partial charge in [-0.25, -0.2) is 0 Å². The molecule has 0 aromatic heterocycles. The maximum absolute atomic E-state index is 11.6. The van der Waals surface area contributed by atoms with E-state index in [4.69, 9.17) is 4.74 Å². The second-order valence-corrected chi connectivity index (χ2v) is 4.08. The molecule has 2 N–H and O–H groups in total. The van der Waals surface area contributed by atoms with Crippen LogP contribution in [-0.2, 0) is 11.2 Å². The lowest BCUT2D eigenvalue weighted by Crippen LogP contribution is -2.53. The Bertz CT molecular complexity index is 376. The largest absolute Gasteiger partial charge is 0.494 e. The second kappa shape index (κ2) is 5.68. The lowest BCUT2D eigenvalue weighted by atomic mass is 10.0. The molecule has 1 saturated heterocycles. The van der Waals surface area contributed by atoms with Gasteiger partial charge in [-0.1, -0.05) is 12.1 Å². The van der Waals surface area contributed by atoms with Crippen LogP contribution in [0, 0.1) is 0 Å². The zero-order valence-corrected chi connectivity index (χ0v) is 10.0. The van der Waals surface area contributed by atoms with Gasteiger partial charge < -0.3 is 15.4 Å². The van der Waals surface area contributed by atoms with Crippen molar-refractivity contribution in [1.82, 2.24) is 10.6 Å². The summed E-state index contributed by atoms with van der Waals surface area (Å²) in [5, 5.41) is 6.07. The van der Waals surface area contributed by atoms with E-state index in [1.54, 1.807) is 0 Å². The number of ether oxygens (including phenoxy) is 1. The Morgan fingerprint density at radius 1 is 1.29 bits per heavy atom. The van der Waals surface area contributed by atoms with Crippen molar-refractivity contribution in [2.24, 2.45) is 0 Å². The van der Waals surface area contributed by atoms with Crippen LogP contribution in [-0.4, -0.2) is 31.6 Å². The average Bonchev–Trinajstić information content (AvgIpc) is 2.35. The van der Waals surface area contributed by atoms with Crippen molar-refractivity contribution >= 4 is 5.91 Å². The monoisotopic (exact) mass is 234 g/mol. The SMILES string of the molecule is CCOc1ccc(CC2NCCNC2=O)cc1. The Labute approximate surface area is 101 Å². The van der Waals surface area contributed by atoms with Crippen molar-refractivity contribution in [3.05, 3.63) is 29.8 Å². The van der Waals surface area contributed by atoms with E-state index in [1.807, 2.05) is 31.2 Å². The van der Waals surface area contributed by atoms with Crippen LogP contribution in [0.3, 0.4) is 0 Å². The molecule has 1 aromatic rings. The normalized spacial score (nSPS) is 19.8. The minimum Gasteiger partial charge on any atom is -0.494 e. The third kappa shape index (κ3) is 3.20. The predicted octanol–water partition coefficient (Wildman–Crippen LogP) is 0.716. The summed E-state index contributed by atoms with van der Waals surface area (Å²) in [5.41, 5.74) is 1.14. The molecule has 1 amide bonds. The summed E-state index contributed by atoms with van der Waals surface area (Å²) >= 11 is 0. The molecule has 1 aromatic carbocycles. The number of piperazine rings is 1. The van der Waals surface area contributed by atoms with E-state index in [-0.39, 0.29) is 11.9 Å². The van der Waals surface area contributed by atoms with Gasteiger partial charge in [0.1, 0.15) is 5.75 Å². The smallest absolute Gasteiger partial charge is 0.237 e. The number of rotatable bonds is 4. The average molecular weight is 234 g/mol. The van der Waals surface area contributed by atoms with Gasteiger partial charge in [0.05, 0.1) is 12.6 Å². The second-order valence-electron chi connectivity index (χ2n) is 4.08. The van der Waals surface area contributed by atoms with Gasteiger partial charge >= 0.3 is 0 Å². The Balaban J connectivity index is 1.95. The molecule has 0 saturated carbocycles. The highest BCUT2D eigenvalue weighted by Crippen LogP contribution is 2.13. The number of carbonyl (C=O) groups excluding carboxylic acids is 1. The van der Waals surface area contributed by atoms with Crippen LogP contribution in [0.5, 0.6) is 5.75 Å². The summed E-state index contributed by atoms with van der Waals surface area (Å²) in [6, 6.07) is 7.80. The third-order valence-electron chi connectivity index (χ3n) is 2.81. The molecule has 1 fully saturated rings. The lowest BCUT2D eigenvalue weighted by molar-refractivity contribution is -0.124. The van der Waals surface area contributed by atoms with Gasteiger partial charge in [-0.15, -0.1) is 0 Å².